The van der Waals surface area contributed by atoms with Crippen LogP contribution in [0, 0.1) is 0 Å². The van der Waals surface area contributed by atoms with Gasteiger partial charge in [-0.3, -0.25) is 0 Å². The minimum absolute atomic E-state index is 0.134. The van der Waals surface area contributed by atoms with E-state index in [0.717, 1.165) is 17.6 Å². The molecule has 0 amide bonds. The second-order valence-electron chi connectivity index (χ2n) is 6.30. The van der Waals surface area contributed by atoms with Gasteiger partial charge in [-0.1, -0.05) is 6.07 Å². The molecule has 3 nitrogen and oxygen atoms in total. The molecule has 1 unspecified atom stereocenters. The number of methoxy groups -OCH3 is 1. The molecule has 0 aliphatic carbocycles. The van der Waals surface area contributed by atoms with Crippen molar-refractivity contribution in [2.75, 3.05) is 25.7 Å². The molecule has 1 rings (SSSR count). The van der Waals surface area contributed by atoms with Crippen molar-refractivity contribution in [2.45, 2.75) is 45.8 Å². The number of ether oxygens (including phenoxy) is 1. The molecule has 0 aliphatic heterocycles. The Hall–Kier alpha value is -0.580. The summed E-state index contributed by atoms with van der Waals surface area (Å²) < 4.78 is 6.34. The summed E-state index contributed by atoms with van der Waals surface area (Å²) in [7, 11) is 3.83. The number of benzene rings is 1. The summed E-state index contributed by atoms with van der Waals surface area (Å²) in [5, 5.41) is 3.50. The summed E-state index contributed by atoms with van der Waals surface area (Å²) in [6.07, 6.45) is 0. The zero-order valence-corrected chi connectivity index (χ0v) is 15.0. The van der Waals surface area contributed by atoms with Crippen molar-refractivity contribution in [3.63, 3.8) is 0 Å². The lowest BCUT2D eigenvalue weighted by Crippen LogP contribution is -2.35. The van der Waals surface area contributed by atoms with Crippen LogP contribution in [0.3, 0.4) is 0 Å². The molecule has 1 N–H and O–H groups in total. The molecule has 0 heterocycles. The molecule has 1 aromatic rings. The maximum absolute atomic E-state index is 5.22. The predicted molar refractivity (Wildman–Crippen MR) is 90.5 cm³/mol. The molecule has 0 fully saturated rings. The van der Waals surface area contributed by atoms with Crippen molar-refractivity contribution in [3.8, 4) is 0 Å². The maximum atomic E-state index is 5.22. The normalized spacial score (nSPS) is 13.3. The van der Waals surface area contributed by atoms with Gasteiger partial charge in [-0.2, -0.15) is 0 Å². The van der Waals surface area contributed by atoms with E-state index in [1.807, 2.05) is 0 Å². The lowest BCUT2D eigenvalue weighted by molar-refractivity contribution is 0.183. The number of halogens is 1. The van der Waals surface area contributed by atoms with E-state index in [1.54, 1.807) is 7.11 Å². The average molecular weight is 343 g/mol. The first-order valence-electron chi connectivity index (χ1n) is 7.00. The van der Waals surface area contributed by atoms with Crippen LogP contribution >= 0.6 is 15.9 Å². The Kier molecular flexibility index (Phi) is 6.49. The third-order valence-corrected chi connectivity index (χ3v) is 3.92. The highest BCUT2D eigenvalue weighted by Gasteiger charge is 2.14. The second-order valence-corrected chi connectivity index (χ2v) is 7.16. The molecule has 0 aliphatic rings. The fraction of sp³-hybridized carbons (Fsp3) is 0.625. The molecule has 0 bridgehead atoms. The molecule has 0 saturated heterocycles. The highest BCUT2D eigenvalue weighted by molar-refractivity contribution is 9.10. The third-order valence-electron chi connectivity index (χ3n) is 3.28. The van der Waals surface area contributed by atoms with Crippen LogP contribution < -0.4 is 10.2 Å². The monoisotopic (exact) mass is 342 g/mol. The predicted octanol–water partition coefficient (Wildman–Crippen LogP) is 3.81. The Bertz CT molecular complexity index is 429. The molecular weight excluding hydrogens is 316 g/mol. The topological polar surface area (TPSA) is 24.5 Å². The summed E-state index contributed by atoms with van der Waals surface area (Å²) >= 11 is 3.68. The molecule has 0 radical (unpaired) electrons. The number of nitrogens with one attached hydrogen (secondary N) is 1. The van der Waals surface area contributed by atoms with Gasteiger partial charge in [0.25, 0.3) is 0 Å². The van der Waals surface area contributed by atoms with Gasteiger partial charge >= 0.3 is 0 Å². The van der Waals surface area contributed by atoms with Gasteiger partial charge in [0.15, 0.2) is 0 Å². The average Bonchev–Trinajstić information content (AvgIpc) is 2.35. The highest BCUT2D eigenvalue weighted by Crippen LogP contribution is 2.28. The SMILES string of the molecule is COCC(C)N(C)c1ccc(CNC(C)(C)C)cc1Br. The smallest absolute Gasteiger partial charge is 0.0663 e. The second kappa shape index (κ2) is 7.43. The van der Waals surface area contributed by atoms with E-state index in [9.17, 15) is 0 Å². The molecule has 0 saturated carbocycles. The van der Waals surface area contributed by atoms with Gasteiger partial charge in [-0.25, -0.2) is 0 Å². The first kappa shape index (κ1) is 17.5. The first-order chi connectivity index (χ1) is 9.24. The van der Waals surface area contributed by atoms with Crippen molar-refractivity contribution in [2.24, 2.45) is 0 Å². The summed E-state index contributed by atoms with van der Waals surface area (Å²) in [5.74, 6) is 0. The van der Waals surface area contributed by atoms with E-state index in [-0.39, 0.29) is 5.54 Å². The number of anilines is 1. The Labute approximate surface area is 131 Å². The highest BCUT2D eigenvalue weighted by atomic mass is 79.9. The third kappa shape index (κ3) is 5.43. The summed E-state index contributed by atoms with van der Waals surface area (Å²) in [6.45, 7) is 10.3. The van der Waals surface area contributed by atoms with Gasteiger partial charge in [0.2, 0.25) is 0 Å². The van der Waals surface area contributed by atoms with Crippen LogP contribution in [0.2, 0.25) is 0 Å². The van der Waals surface area contributed by atoms with E-state index in [2.05, 4.69) is 79.1 Å². The fourth-order valence-electron chi connectivity index (χ4n) is 1.90. The standard InChI is InChI=1S/C16H27BrN2O/c1-12(11-20-6)19(5)15-8-7-13(9-14(15)17)10-18-16(2,3)4/h7-9,12,18H,10-11H2,1-6H3. The van der Waals surface area contributed by atoms with Crippen LogP contribution in [0.5, 0.6) is 0 Å². The zero-order chi connectivity index (χ0) is 15.3. The Morgan fingerprint density at radius 2 is 2.00 bits per heavy atom. The molecule has 114 valence electrons. The summed E-state index contributed by atoms with van der Waals surface area (Å²) in [5.41, 5.74) is 2.60. The van der Waals surface area contributed by atoms with Crippen LogP contribution in [0.4, 0.5) is 5.69 Å². The Morgan fingerprint density at radius 3 is 2.50 bits per heavy atom. The summed E-state index contributed by atoms with van der Waals surface area (Å²) in [4.78, 5) is 2.23. The Balaban J connectivity index is 2.77. The number of likely N-dealkylation sites (N-methyl/N-ethyl adjacent to an activating group) is 1. The van der Waals surface area contributed by atoms with Crippen molar-refractivity contribution >= 4 is 21.6 Å². The molecule has 0 aromatic heterocycles. The van der Waals surface area contributed by atoms with Crippen molar-refractivity contribution in [1.82, 2.24) is 5.32 Å². The largest absolute Gasteiger partial charge is 0.383 e. The molecule has 1 atom stereocenters. The molecule has 20 heavy (non-hydrogen) atoms. The van der Waals surface area contributed by atoms with E-state index >= 15 is 0 Å². The van der Waals surface area contributed by atoms with Gasteiger partial charge in [-0.05, 0) is 61.3 Å². The van der Waals surface area contributed by atoms with Gasteiger partial charge in [0, 0.05) is 36.8 Å². The number of hydrogen-bond acceptors (Lipinski definition) is 3. The molecule has 0 spiro atoms. The number of nitrogens with zero attached hydrogens (tertiary/aromatic N) is 1. The first-order valence-corrected chi connectivity index (χ1v) is 7.79. The minimum atomic E-state index is 0.134. The van der Waals surface area contributed by atoms with Crippen molar-refractivity contribution in [3.05, 3.63) is 28.2 Å². The van der Waals surface area contributed by atoms with Gasteiger partial charge in [0.1, 0.15) is 0 Å². The van der Waals surface area contributed by atoms with Crippen LogP contribution in [0.15, 0.2) is 22.7 Å². The number of hydrogen-bond donors (Lipinski definition) is 1. The van der Waals surface area contributed by atoms with Crippen LogP contribution in [-0.4, -0.2) is 32.3 Å². The minimum Gasteiger partial charge on any atom is -0.383 e. The lowest BCUT2D eigenvalue weighted by atomic mass is 10.1. The van der Waals surface area contributed by atoms with Crippen molar-refractivity contribution < 1.29 is 4.74 Å². The molecular formula is C16H27BrN2O. The maximum Gasteiger partial charge on any atom is 0.0663 e. The molecule has 4 heteroatoms. The summed E-state index contributed by atoms with van der Waals surface area (Å²) in [6, 6.07) is 6.87. The van der Waals surface area contributed by atoms with Gasteiger partial charge in [-0.15, -0.1) is 0 Å². The quantitative estimate of drug-likeness (QED) is 0.850. The van der Waals surface area contributed by atoms with Gasteiger partial charge in [0.05, 0.1) is 12.3 Å². The number of rotatable bonds is 6. The van der Waals surface area contributed by atoms with E-state index in [0.29, 0.717) is 6.04 Å². The van der Waals surface area contributed by atoms with Crippen LogP contribution in [0.25, 0.3) is 0 Å². The zero-order valence-electron chi connectivity index (χ0n) is 13.5. The van der Waals surface area contributed by atoms with E-state index < -0.39 is 0 Å². The van der Waals surface area contributed by atoms with Gasteiger partial charge < -0.3 is 15.0 Å². The Morgan fingerprint density at radius 1 is 1.35 bits per heavy atom. The van der Waals surface area contributed by atoms with Crippen LogP contribution in [-0.2, 0) is 11.3 Å². The van der Waals surface area contributed by atoms with E-state index in [4.69, 9.17) is 4.74 Å². The van der Waals surface area contributed by atoms with E-state index in [1.165, 1.54) is 11.3 Å². The molecule has 1 aromatic carbocycles. The van der Waals surface area contributed by atoms with Crippen LogP contribution in [0.1, 0.15) is 33.3 Å². The fourth-order valence-corrected chi connectivity index (χ4v) is 2.61. The van der Waals surface area contributed by atoms with Crippen molar-refractivity contribution in [1.29, 1.82) is 0 Å². The lowest BCUT2D eigenvalue weighted by Gasteiger charge is -2.28.